The molecule has 1 aromatic heterocycles. The number of aromatic nitrogens is 2. The molecule has 6 nitrogen and oxygen atoms in total. The molecule has 1 aliphatic rings. The number of imidazole rings is 1. The predicted molar refractivity (Wildman–Crippen MR) is 112 cm³/mol. The lowest BCUT2D eigenvalue weighted by Gasteiger charge is -2.11. The highest BCUT2D eigenvalue weighted by molar-refractivity contribution is 5.81. The minimum Gasteiger partial charge on any atom is -0.356 e. The van der Waals surface area contributed by atoms with Crippen LogP contribution in [0.4, 0.5) is 4.39 Å². The summed E-state index contributed by atoms with van der Waals surface area (Å²) >= 11 is 0. The average Bonchev–Trinajstić information content (AvgIpc) is 3.55. The van der Waals surface area contributed by atoms with E-state index in [1.54, 1.807) is 12.1 Å². The van der Waals surface area contributed by atoms with Crippen molar-refractivity contribution < 1.29 is 14.0 Å². The first-order chi connectivity index (χ1) is 14.6. The lowest BCUT2D eigenvalue weighted by atomic mass is 10.2. The van der Waals surface area contributed by atoms with Crippen LogP contribution >= 0.6 is 0 Å². The Balaban J connectivity index is 1.38. The van der Waals surface area contributed by atoms with Crippen molar-refractivity contribution in [1.29, 1.82) is 0 Å². The van der Waals surface area contributed by atoms with Crippen LogP contribution in [0.15, 0.2) is 48.5 Å². The number of halogens is 1. The summed E-state index contributed by atoms with van der Waals surface area (Å²) in [7, 11) is 0. The summed E-state index contributed by atoms with van der Waals surface area (Å²) in [5.74, 6) is 0.746. The number of hydrogen-bond acceptors (Lipinski definition) is 3. The molecular weight excluding hydrogens is 383 g/mol. The number of carbonyl (C=O) groups is 2. The second-order valence-electron chi connectivity index (χ2n) is 7.67. The normalized spacial score (nSPS) is 13.4. The van der Waals surface area contributed by atoms with Gasteiger partial charge in [-0.25, -0.2) is 9.37 Å². The summed E-state index contributed by atoms with van der Waals surface area (Å²) in [5.41, 5.74) is 2.60. The lowest BCUT2D eigenvalue weighted by molar-refractivity contribution is -0.122. The van der Waals surface area contributed by atoms with Crippen LogP contribution in [0.5, 0.6) is 0 Å². The molecule has 0 spiro atoms. The maximum atomic E-state index is 13.0. The van der Waals surface area contributed by atoms with Gasteiger partial charge >= 0.3 is 0 Å². The SMILES string of the molecule is O=C(Cn1c(CCCNC(=O)C2CC2)nc2ccccc21)NCc1ccc(F)cc1. The zero-order chi connectivity index (χ0) is 20.9. The third kappa shape index (κ3) is 5.03. The van der Waals surface area contributed by atoms with Crippen molar-refractivity contribution in [3.05, 3.63) is 65.7 Å². The molecule has 0 radical (unpaired) electrons. The molecule has 2 aromatic carbocycles. The van der Waals surface area contributed by atoms with Gasteiger partial charge in [-0.05, 0) is 49.1 Å². The number of nitrogens with zero attached hydrogens (tertiary/aromatic N) is 2. The van der Waals surface area contributed by atoms with Gasteiger partial charge in [0.15, 0.2) is 0 Å². The number of aryl methyl sites for hydroxylation is 1. The molecule has 0 bridgehead atoms. The van der Waals surface area contributed by atoms with E-state index in [1.807, 2.05) is 28.8 Å². The van der Waals surface area contributed by atoms with Gasteiger partial charge in [-0.1, -0.05) is 24.3 Å². The third-order valence-corrected chi connectivity index (χ3v) is 5.26. The van der Waals surface area contributed by atoms with Crippen LogP contribution in [0.1, 0.15) is 30.7 Å². The van der Waals surface area contributed by atoms with Gasteiger partial charge in [-0.15, -0.1) is 0 Å². The van der Waals surface area contributed by atoms with E-state index in [4.69, 9.17) is 0 Å². The molecule has 30 heavy (non-hydrogen) atoms. The maximum absolute atomic E-state index is 13.0. The molecule has 0 saturated heterocycles. The van der Waals surface area contributed by atoms with Crippen molar-refractivity contribution in [2.75, 3.05) is 6.54 Å². The van der Waals surface area contributed by atoms with Crippen molar-refractivity contribution in [3.8, 4) is 0 Å². The first-order valence-electron chi connectivity index (χ1n) is 10.3. The van der Waals surface area contributed by atoms with Crippen LogP contribution in [0.3, 0.4) is 0 Å². The minimum absolute atomic E-state index is 0.134. The molecule has 4 rings (SSSR count). The standard InChI is InChI=1S/C23H25FN4O2/c24-18-11-7-16(8-12-18)14-26-22(29)15-28-20-5-2-1-4-19(20)27-21(28)6-3-13-25-23(30)17-9-10-17/h1-2,4-5,7-8,11-12,17H,3,6,9-10,13-15H2,(H,25,30)(H,26,29). The Kier molecular flexibility index (Phi) is 6.07. The number of rotatable bonds is 9. The van der Waals surface area contributed by atoms with Gasteiger partial charge in [0.25, 0.3) is 0 Å². The van der Waals surface area contributed by atoms with E-state index >= 15 is 0 Å². The molecule has 7 heteroatoms. The largest absolute Gasteiger partial charge is 0.356 e. The Morgan fingerprint density at radius 3 is 2.60 bits per heavy atom. The number of fused-ring (bicyclic) bond motifs is 1. The van der Waals surface area contributed by atoms with Crippen LogP contribution in [0, 0.1) is 11.7 Å². The summed E-state index contributed by atoms with van der Waals surface area (Å²) in [6, 6.07) is 13.8. The summed E-state index contributed by atoms with van der Waals surface area (Å²) in [4.78, 5) is 29.0. The lowest BCUT2D eigenvalue weighted by Crippen LogP contribution is -2.28. The van der Waals surface area contributed by atoms with E-state index in [2.05, 4.69) is 15.6 Å². The fourth-order valence-electron chi connectivity index (χ4n) is 3.44. The van der Waals surface area contributed by atoms with E-state index in [0.29, 0.717) is 19.5 Å². The Hall–Kier alpha value is -3.22. The number of nitrogens with one attached hydrogen (secondary N) is 2. The van der Waals surface area contributed by atoms with Crippen LogP contribution in [0.25, 0.3) is 11.0 Å². The fraction of sp³-hybridized carbons (Fsp3) is 0.348. The van der Waals surface area contributed by atoms with Gasteiger partial charge in [0, 0.05) is 25.4 Å². The number of benzene rings is 2. The first kappa shape index (κ1) is 20.1. The minimum atomic E-state index is -0.298. The van der Waals surface area contributed by atoms with Gasteiger partial charge in [0.1, 0.15) is 18.2 Å². The molecule has 1 saturated carbocycles. The van der Waals surface area contributed by atoms with E-state index in [9.17, 15) is 14.0 Å². The topological polar surface area (TPSA) is 76.0 Å². The summed E-state index contributed by atoms with van der Waals surface area (Å²) < 4.78 is 15.0. The summed E-state index contributed by atoms with van der Waals surface area (Å²) in [6.45, 7) is 1.11. The average molecular weight is 408 g/mol. The van der Waals surface area contributed by atoms with Crippen LogP contribution in [0.2, 0.25) is 0 Å². The highest BCUT2D eigenvalue weighted by atomic mass is 19.1. The van der Waals surface area contributed by atoms with Crippen molar-refractivity contribution in [2.45, 2.75) is 38.8 Å². The smallest absolute Gasteiger partial charge is 0.240 e. The Labute approximate surface area is 174 Å². The number of amides is 2. The van der Waals surface area contributed by atoms with Gasteiger partial charge in [-0.2, -0.15) is 0 Å². The Bertz CT molecular complexity index is 1040. The molecule has 1 fully saturated rings. The highest BCUT2D eigenvalue weighted by Gasteiger charge is 2.29. The molecule has 3 aromatic rings. The fourth-order valence-corrected chi connectivity index (χ4v) is 3.44. The number of para-hydroxylation sites is 2. The van der Waals surface area contributed by atoms with Crippen molar-refractivity contribution >= 4 is 22.8 Å². The van der Waals surface area contributed by atoms with Crippen LogP contribution in [-0.2, 0) is 29.1 Å². The highest BCUT2D eigenvalue weighted by Crippen LogP contribution is 2.28. The monoisotopic (exact) mass is 408 g/mol. The number of hydrogen-bond donors (Lipinski definition) is 2. The van der Waals surface area contributed by atoms with E-state index in [0.717, 1.165) is 41.7 Å². The van der Waals surface area contributed by atoms with Gasteiger partial charge in [0.2, 0.25) is 11.8 Å². The Morgan fingerprint density at radius 1 is 1.07 bits per heavy atom. The van der Waals surface area contributed by atoms with Crippen molar-refractivity contribution in [2.24, 2.45) is 5.92 Å². The molecule has 0 atom stereocenters. The summed E-state index contributed by atoms with van der Waals surface area (Å²) in [6.07, 6.45) is 3.42. The van der Waals surface area contributed by atoms with Crippen LogP contribution in [-0.4, -0.2) is 27.9 Å². The van der Waals surface area contributed by atoms with Gasteiger partial charge in [-0.3, -0.25) is 9.59 Å². The van der Waals surface area contributed by atoms with Crippen molar-refractivity contribution in [1.82, 2.24) is 20.2 Å². The first-order valence-corrected chi connectivity index (χ1v) is 10.3. The Morgan fingerprint density at radius 2 is 1.83 bits per heavy atom. The van der Waals surface area contributed by atoms with E-state index in [1.165, 1.54) is 12.1 Å². The van der Waals surface area contributed by atoms with E-state index in [-0.39, 0.29) is 30.1 Å². The van der Waals surface area contributed by atoms with Gasteiger partial charge in [0.05, 0.1) is 11.0 Å². The zero-order valence-corrected chi connectivity index (χ0v) is 16.7. The van der Waals surface area contributed by atoms with Gasteiger partial charge < -0.3 is 15.2 Å². The maximum Gasteiger partial charge on any atom is 0.240 e. The molecule has 2 amide bonds. The molecule has 1 aliphatic carbocycles. The molecule has 156 valence electrons. The van der Waals surface area contributed by atoms with E-state index < -0.39 is 0 Å². The zero-order valence-electron chi connectivity index (χ0n) is 16.7. The second kappa shape index (κ2) is 9.07. The number of carbonyl (C=O) groups excluding carboxylic acids is 2. The molecule has 2 N–H and O–H groups in total. The quantitative estimate of drug-likeness (QED) is 0.535. The summed E-state index contributed by atoms with van der Waals surface area (Å²) in [5, 5.41) is 5.85. The molecule has 0 aliphatic heterocycles. The second-order valence-corrected chi connectivity index (χ2v) is 7.67. The third-order valence-electron chi connectivity index (χ3n) is 5.26. The molecular formula is C23H25FN4O2. The molecule has 0 unspecified atom stereocenters. The van der Waals surface area contributed by atoms with Crippen molar-refractivity contribution in [3.63, 3.8) is 0 Å². The van der Waals surface area contributed by atoms with Crippen LogP contribution < -0.4 is 10.6 Å². The predicted octanol–water partition coefficient (Wildman–Crippen LogP) is 2.95. The molecule has 1 heterocycles.